The number of nitrogens with one attached hydrogen (secondary N) is 1. The molecule has 0 spiro atoms. The van der Waals surface area contributed by atoms with Gasteiger partial charge in [0.25, 0.3) is 5.91 Å². The molecule has 1 aromatic rings. The molecule has 1 rings (SSSR count). The Morgan fingerprint density at radius 1 is 1.37 bits per heavy atom. The monoisotopic (exact) mass is 285 g/mol. The minimum Gasteiger partial charge on any atom is -0.493 e. The largest absolute Gasteiger partial charge is 0.493 e. The van der Waals surface area contributed by atoms with Crippen LogP contribution in [0.5, 0.6) is 11.5 Å². The lowest BCUT2D eigenvalue weighted by atomic mass is 10.2. The highest BCUT2D eigenvalue weighted by Crippen LogP contribution is 2.36. The molecule has 19 heavy (non-hydrogen) atoms. The summed E-state index contributed by atoms with van der Waals surface area (Å²) in [6.45, 7) is 5.07. The van der Waals surface area contributed by atoms with Crippen LogP contribution >= 0.6 is 11.6 Å². The summed E-state index contributed by atoms with van der Waals surface area (Å²) in [4.78, 5) is 11.9. The molecule has 0 saturated carbocycles. The van der Waals surface area contributed by atoms with Gasteiger partial charge in [-0.2, -0.15) is 0 Å². The number of methoxy groups -OCH3 is 1. The van der Waals surface area contributed by atoms with Gasteiger partial charge in [0, 0.05) is 12.1 Å². The van der Waals surface area contributed by atoms with Crippen LogP contribution in [0.3, 0.4) is 0 Å². The number of halogens is 1. The van der Waals surface area contributed by atoms with Crippen molar-refractivity contribution in [3.63, 3.8) is 0 Å². The summed E-state index contributed by atoms with van der Waals surface area (Å²) in [5.74, 6) is 0.781. The minimum absolute atomic E-state index is 0.156. The van der Waals surface area contributed by atoms with E-state index >= 15 is 0 Å². The van der Waals surface area contributed by atoms with E-state index in [-0.39, 0.29) is 5.91 Å². The lowest BCUT2D eigenvalue weighted by Gasteiger charge is -2.13. The van der Waals surface area contributed by atoms with Gasteiger partial charge in [-0.15, -0.1) is 0 Å². The van der Waals surface area contributed by atoms with E-state index in [2.05, 4.69) is 12.2 Å². The van der Waals surface area contributed by atoms with Crippen LogP contribution in [0.2, 0.25) is 5.02 Å². The van der Waals surface area contributed by atoms with Crippen molar-refractivity contribution < 1.29 is 14.3 Å². The molecule has 1 amide bonds. The second kappa shape index (κ2) is 7.89. The van der Waals surface area contributed by atoms with Crippen molar-refractivity contribution in [3.05, 3.63) is 22.7 Å². The zero-order chi connectivity index (χ0) is 14.3. The molecule has 4 nitrogen and oxygen atoms in total. The van der Waals surface area contributed by atoms with Crippen molar-refractivity contribution in [2.24, 2.45) is 0 Å². The highest BCUT2D eigenvalue weighted by molar-refractivity contribution is 6.32. The van der Waals surface area contributed by atoms with Crippen molar-refractivity contribution in [3.8, 4) is 11.5 Å². The van der Waals surface area contributed by atoms with Crippen LogP contribution in [0.1, 0.15) is 37.0 Å². The van der Waals surface area contributed by atoms with Crippen LogP contribution in [0.15, 0.2) is 12.1 Å². The van der Waals surface area contributed by atoms with Gasteiger partial charge in [0.05, 0.1) is 18.7 Å². The van der Waals surface area contributed by atoms with E-state index in [4.69, 9.17) is 21.1 Å². The number of rotatable bonds is 7. The van der Waals surface area contributed by atoms with Gasteiger partial charge < -0.3 is 14.8 Å². The summed E-state index contributed by atoms with van der Waals surface area (Å²) in [6, 6.07) is 3.23. The maximum atomic E-state index is 11.9. The second-order valence-electron chi connectivity index (χ2n) is 4.03. The first-order chi connectivity index (χ1) is 9.13. The van der Waals surface area contributed by atoms with Gasteiger partial charge in [-0.05, 0) is 25.5 Å². The summed E-state index contributed by atoms with van der Waals surface area (Å²) in [6.07, 6.45) is 1.99. The first-order valence-electron chi connectivity index (χ1n) is 6.42. The van der Waals surface area contributed by atoms with Crippen molar-refractivity contribution >= 4 is 17.5 Å². The Morgan fingerprint density at radius 2 is 2.11 bits per heavy atom. The highest BCUT2D eigenvalue weighted by atomic mass is 35.5. The fourth-order valence-corrected chi connectivity index (χ4v) is 1.88. The minimum atomic E-state index is -0.156. The molecule has 0 unspecified atom stereocenters. The fraction of sp³-hybridized carbons (Fsp3) is 0.500. The lowest BCUT2D eigenvalue weighted by molar-refractivity contribution is 0.0952. The Bertz CT molecular complexity index is 435. The number of hydrogen-bond donors (Lipinski definition) is 1. The molecule has 0 radical (unpaired) electrons. The van der Waals surface area contributed by atoms with Crippen LogP contribution in [0.25, 0.3) is 0 Å². The Labute approximate surface area is 119 Å². The van der Waals surface area contributed by atoms with Gasteiger partial charge in [0.2, 0.25) is 0 Å². The van der Waals surface area contributed by atoms with Gasteiger partial charge in [0.15, 0.2) is 11.5 Å². The van der Waals surface area contributed by atoms with E-state index in [9.17, 15) is 4.79 Å². The molecular formula is C14H20ClNO3. The smallest absolute Gasteiger partial charge is 0.251 e. The molecule has 5 heteroatoms. The van der Waals surface area contributed by atoms with Gasteiger partial charge in [-0.3, -0.25) is 4.79 Å². The van der Waals surface area contributed by atoms with Crippen molar-refractivity contribution in [1.29, 1.82) is 0 Å². The molecular weight excluding hydrogens is 266 g/mol. The molecule has 1 N–H and O–H groups in total. The molecule has 0 aromatic heterocycles. The van der Waals surface area contributed by atoms with Crippen LogP contribution < -0.4 is 14.8 Å². The summed E-state index contributed by atoms with van der Waals surface area (Å²) in [7, 11) is 1.52. The van der Waals surface area contributed by atoms with E-state index in [0.29, 0.717) is 35.2 Å². The van der Waals surface area contributed by atoms with Gasteiger partial charge in [0.1, 0.15) is 0 Å². The van der Waals surface area contributed by atoms with Crippen LogP contribution in [0.4, 0.5) is 0 Å². The maximum Gasteiger partial charge on any atom is 0.251 e. The third-order valence-corrected chi connectivity index (χ3v) is 2.88. The zero-order valence-corrected chi connectivity index (χ0v) is 12.3. The maximum absolute atomic E-state index is 11.9. The van der Waals surface area contributed by atoms with Crippen LogP contribution in [-0.4, -0.2) is 26.2 Å². The van der Waals surface area contributed by atoms with Gasteiger partial charge >= 0.3 is 0 Å². The van der Waals surface area contributed by atoms with Crippen molar-refractivity contribution in [2.75, 3.05) is 20.3 Å². The molecule has 0 aliphatic rings. The SMILES string of the molecule is CCCCNC(=O)c1cc(Cl)c(OCC)c(OC)c1. The number of amides is 1. The quantitative estimate of drug-likeness (QED) is 0.782. The average molecular weight is 286 g/mol. The van der Waals surface area contributed by atoms with Crippen molar-refractivity contribution in [2.45, 2.75) is 26.7 Å². The second-order valence-corrected chi connectivity index (χ2v) is 4.44. The topological polar surface area (TPSA) is 47.6 Å². The molecule has 0 aliphatic heterocycles. The lowest BCUT2D eigenvalue weighted by Crippen LogP contribution is -2.24. The molecule has 0 bridgehead atoms. The first kappa shape index (κ1) is 15.6. The molecule has 0 aliphatic carbocycles. The molecule has 1 aromatic carbocycles. The van der Waals surface area contributed by atoms with E-state index in [1.54, 1.807) is 12.1 Å². The Kier molecular flexibility index (Phi) is 6.50. The highest BCUT2D eigenvalue weighted by Gasteiger charge is 2.15. The molecule has 0 fully saturated rings. The number of hydrogen-bond acceptors (Lipinski definition) is 3. The van der Waals surface area contributed by atoms with Gasteiger partial charge in [-0.25, -0.2) is 0 Å². The summed E-state index contributed by atoms with van der Waals surface area (Å²) in [5.41, 5.74) is 0.474. The zero-order valence-electron chi connectivity index (χ0n) is 11.6. The number of benzene rings is 1. The summed E-state index contributed by atoms with van der Waals surface area (Å²) >= 11 is 6.11. The van der Waals surface area contributed by atoms with Crippen LogP contribution in [0, 0.1) is 0 Å². The van der Waals surface area contributed by atoms with E-state index in [0.717, 1.165) is 12.8 Å². The fourth-order valence-electron chi connectivity index (χ4n) is 1.62. The third-order valence-electron chi connectivity index (χ3n) is 2.60. The number of carbonyl (C=O) groups is 1. The van der Waals surface area contributed by atoms with Crippen molar-refractivity contribution in [1.82, 2.24) is 5.32 Å². The van der Waals surface area contributed by atoms with E-state index in [1.165, 1.54) is 7.11 Å². The first-order valence-corrected chi connectivity index (χ1v) is 6.80. The molecule has 0 atom stereocenters. The Hall–Kier alpha value is -1.42. The molecule has 106 valence electrons. The van der Waals surface area contributed by atoms with Crippen LogP contribution in [-0.2, 0) is 0 Å². The standard InChI is InChI=1S/C14H20ClNO3/c1-4-6-7-16-14(17)10-8-11(15)13(19-5-2)12(9-10)18-3/h8-9H,4-7H2,1-3H3,(H,16,17). The summed E-state index contributed by atoms with van der Waals surface area (Å²) in [5, 5.41) is 3.21. The predicted molar refractivity (Wildman–Crippen MR) is 76.4 cm³/mol. The predicted octanol–water partition coefficient (Wildman–Crippen LogP) is 3.28. The number of ether oxygens (including phenoxy) is 2. The Morgan fingerprint density at radius 3 is 2.68 bits per heavy atom. The molecule has 0 heterocycles. The number of carbonyl (C=O) groups excluding carboxylic acids is 1. The number of unbranched alkanes of at least 4 members (excludes halogenated alkanes) is 1. The van der Waals surface area contributed by atoms with E-state index < -0.39 is 0 Å². The normalized spacial score (nSPS) is 10.1. The van der Waals surface area contributed by atoms with E-state index in [1.807, 2.05) is 6.92 Å². The third kappa shape index (κ3) is 4.31. The Balaban J connectivity index is 2.91. The van der Waals surface area contributed by atoms with Gasteiger partial charge in [-0.1, -0.05) is 24.9 Å². The average Bonchev–Trinajstić information content (AvgIpc) is 2.41. The molecule has 0 saturated heterocycles. The summed E-state index contributed by atoms with van der Waals surface area (Å²) < 4.78 is 10.6.